The van der Waals surface area contributed by atoms with Crippen molar-refractivity contribution in [2.45, 2.75) is 19.0 Å². The Morgan fingerprint density at radius 1 is 1.75 bits per heavy atom. The number of carboxylic acids is 1. The van der Waals surface area contributed by atoms with Crippen LogP contribution in [0, 0.1) is 0 Å². The van der Waals surface area contributed by atoms with Crippen LogP contribution in [0.5, 0.6) is 0 Å². The summed E-state index contributed by atoms with van der Waals surface area (Å²) in [6.07, 6.45) is 0.430. The lowest BCUT2D eigenvalue weighted by Crippen LogP contribution is -2.30. The molecule has 1 aliphatic rings. The lowest BCUT2D eigenvalue weighted by atomic mass is 10.2. The number of carbonyl (C=O) groups is 2. The number of hydrogen-bond donors (Lipinski definition) is 3. The molecule has 86 valence electrons. The fourth-order valence-corrected chi connectivity index (χ4v) is 1.49. The minimum atomic E-state index is -1.12. The average molecular weight is 225 g/mol. The van der Waals surface area contributed by atoms with Crippen LogP contribution in [0.2, 0.25) is 0 Å². The maximum Gasteiger partial charge on any atom is 0.358 e. The van der Waals surface area contributed by atoms with Gasteiger partial charge >= 0.3 is 5.97 Å². The van der Waals surface area contributed by atoms with E-state index in [9.17, 15) is 9.59 Å². The third kappa shape index (κ3) is 2.37. The van der Waals surface area contributed by atoms with Crippen molar-refractivity contribution in [3.05, 3.63) is 17.5 Å². The molecule has 1 fully saturated rings. The van der Waals surface area contributed by atoms with Crippen LogP contribution in [-0.4, -0.2) is 34.7 Å². The first-order chi connectivity index (χ1) is 7.65. The Balaban J connectivity index is 1.85. The third-order valence-corrected chi connectivity index (χ3v) is 2.32. The highest BCUT2D eigenvalue weighted by Gasteiger charge is 2.21. The number of aromatic carboxylic acids is 1. The topological polar surface area (TPSA) is 104 Å². The highest BCUT2D eigenvalue weighted by molar-refractivity contribution is 5.85. The molecule has 0 bridgehead atoms. The number of hydrogen-bond acceptors (Lipinski definition) is 5. The number of rotatable bonds is 4. The molecule has 1 unspecified atom stereocenters. The van der Waals surface area contributed by atoms with Crippen molar-refractivity contribution in [3.8, 4) is 0 Å². The predicted molar refractivity (Wildman–Crippen MR) is 51.7 cm³/mol. The molecule has 1 amide bonds. The summed E-state index contributed by atoms with van der Waals surface area (Å²) in [6.45, 7) is 0.943. The first kappa shape index (κ1) is 10.6. The smallest absolute Gasteiger partial charge is 0.358 e. The Bertz CT molecular complexity index is 415. The lowest BCUT2D eigenvalue weighted by Gasteiger charge is -2.06. The maximum atomic E-state index is 10.9. The molecular formula is C9H11N3O4. The molecule has 0 aliphatic carbocycles. The van der Waals surface area contributed by atoms with Crippen LogP contribution in [0.3, 0.4) is 0 Å². The number of aromatic nitrogens is 1. The van der Waals surface area contributed by atoms with Crippen LogP contribution >= 0.6 is 0 Å². The molecule has 0 saturated carbocycles. The summed E-state index contributed by atoms with van der Waals surface area (Å²) < 4.78 is 4.81. The van der Waals surface area contributed by atoms with Crippen LogP contribution in [0.15, 0.2) is 10.6 Å². The average Bonchev–Trinajstić information content (AvgIpc) is 2.83. The lowest BCUT2D eigenvalue weighted by molar-refractivity contribution is -0.119. The molecule has 1 aromatic heterocycles. The zero-order valence-corrected chi connectivity index (χ0v) is 8.40. The fraction of sp³-hybridized carbons (Fsp3) is 0.444. The molecule has 1 saturated heterocycles. The summed E-state index contributed by atoms with van der Waals surface area (Å²) in [6, 6.07) is 1.42. The summed E-state index contributed by atoms with van der Waals surface area (Å²) in [5.74, 6) is -0.661. The summed E-state index contributed by atoms with van der Waals surface area (Å²) >= 11 is 0. The number of amides is 1. The van der Waals surface area contributed by atoms with Gasteiger partial charge in [-0.25, -0.2) is 4.79 Å². The quantitative estimate of drug-likeness (QED) is 0.629. The second-order valence-corrected chi connectivity index (χ2v) is 3.57. The largest absolute Gasteiger partial charge is 0.476 e. The van der Waals surface area contributed by atoms with E-state index >= 15 is 0 Å². The van der Waals surface area contributed by atoms with Gasteiger partial charge in [0, 0.05) is 25.1 Å². The van der Waals surface area contributed by atoms with Crippen molar-refractivity contribution >= 4 is 11.9 Å². The highest BCUT2D eigenvalue weighted by Crippen LogP contribution is 2.05. The van der Waals surface area contributed by atoms with Crippen molar-refractivity contribution in [1.29, 1.82) is 0 Å². The molecule has 3 N–H and O–H groups in total. The van der Waals surface area contributed by atoms with Gasteiger partial charge in [0.25, 0.3) is 0 Å². The Labute approximate surface area is 90.8 Å². The van der Waals surface area contributed by atoms with E-state index < -0.39 is 5.97 Å². The van der Waals surface area contributed by atoms with E-state index in [1.807, 2.05) is 0 Å². The summed E-state index contributed by atoms with van der Waals surface area (Å²) in [5, 5.41) is 17.8. The Morgan fingerprint density at radius 2 is 2.56 bits per heavy atom. The van der Waals surface area contributed by atoms with E-state index in [0.717, 1.165) is 0 Å². The molecule has 0 aromatic carbocycles. The number of carbonyl (C=O) groups excluding carboxylic acids is 1. The van der Waals surface area contributed by atoms with E-state index in [1.54, 1.807) is 0 Å². The molecule has 1 aromatic rings. The van der Waals surface area contributed by atoms with Gasteiger partial charge in [0.05, 0.1) is 6.54 Å². The Kier molecular flexibility index (Phi) is 2.86. The molecule has 1 aliphatic heterocycles. The second kappa shape index (κ2) is 4.31. The van der Waals surface area contributed by atoms with Gasteiger partial charge in [0.1, 0.15) is 0 Å². The molecule has 1 atom stereocenters. The molecule has 2 heterocycles. The maximum absolute atomic E-state index is 10.9. The Morgan fingerprint density at radius 3 is 3.12 bits per heavy atom. The van der Waals surface area contributed by atoms with Gasteiger partial charge in [-0.2, -0.15) is 0 Å². The van der Waals surface area contributed by atoms with Gasteiger partial charge in [-0.3, -0.25) is 4.79 Å². The zero-order chi connectivity index (χ0) is 11.5. The van der Waals surface area contributed by atoms with Crippen LogP contribution in [0.4, 0.5) is 0 Å². The number of nitrogens with zero attached hydrogens (tertiary/aromatic N) is 1. The van der Waals surface area contributed by atoms with Crippen molar-refractivity contribution in [1.82, 2.24) is 15.8 Å². The van der Waals surface area contributed by atoms with E-state index in [4.69, 9.17) is 9.63 Å². The molecule has 7 nitrogen and oxygen atoms in total. The molecule has 0 radical (unpaired) electrons. The van der Waals surface area contributed by atoms with E-state index in [1.165, 1.54) is 6.07 Å². The van der Waals surface area contributed by atoms with Gasteiger partial charge in [0.2, 0.25) is 5.91 Å². The monoisotopic (exact) mass is 225 g/mol. The second-order valence-electron chi connectivity index (χ2n) is 3.57. The number of carboxylic acid groups (broad SMARTS) is 1. The third-order valence-electron chi connectivity index (χ3n) is 2.32. The van der Waals surface area contributed by atoms with Gasteiger partial charge in [0.15, 0.2) is 11.5 Å². The predicted octanol–water partition coefficient (Wildman–Crippen LogP) is -0.649. The van der Waals surface area contributed by atoms with Gasteiger partial charge in [-0.05, 0) is 0 Å². The molecular weight excluding hydrogens is 214 g/mol. The first-order valence-electron chi connectivity index (χ1n) is 4.84. The van der Waals surface area contributed by atoms with Crippen LogP contribution < -0.4 is 10.6 Å². The highest BCUT2D eigenvalue weighted by atomic mass is 16.5. The van der Waals surface area contributed by atoms with Gasteiger partial charge in [-0.15, -0.1) is 0 Å². The van der Waals surface area contributed by atoms with E-state index in [2.05, 4.69) is 15.8 Å². The van der Waals surface area contributed by atoms with Crippen LogP contribution in [-0.2, 0) is 11.3 Å². The normalized spacial score (nSPS) is 19.8. The van der Waals surface area contributed by atoms with Crippen molar-refractivity contribution in [2.75, 3.05) is 6.54 Å². The number of nitrogens with one attached hydrogen (secondary N) is 2. The fourth-order valence-electron chi connectivity index (χ4n) is 1.49. The summed E-state index contributed by atoms with van der Waals surface area (Å²) in [5.41, 5.74) is -0.113. The molecule has 2 rings (SSSR count). The van der Waals surface area contributed by atoms with Crippen LogP contribution in [0.1, 0.15) is 22.7 Å². The standard InChI is InChI=1S/C9H11N3O4/c13-8-1-5(3-11-8)10-4-6-2-7(9(14)15)12-16-6/h2,5,10H,1,3-4H2,(H,11,13)(H,14,15). The zero-order valence-electron chi connectivity index (χ0n) is 8.40. The molecule has 16 heavy (non-hydrogen) atoms. The molecule has 0 spiro atoms. The summed E-state index contributed by atoms with van der Waals surface area (Å²) in [4.78, 5) is 21.4. The van der Waals surface area contributed by atoms with Gasteiger partial charge in [-0.1, -0.05) is 5.16 Å². The van der Waals surface area contributed by atoms with Crippen molar-refractivity contribution in [3.63, 3.8) is 0 Å². The van der Waals surface area contributed by atoms with Crippen LogP contribution in [0.25, 0.3) is 0 Å². The van der Waals surface area contributed by atoms with Gasteiger partial charge < -0.3 is 20.3 Å². The minimum Gasteiger partial charge on any atom is -0.476 e. The SMILES string of the molecule is O=C1CC(NCc2cc(C(=O)O)no2)CN1. The minimum absolute atomic E-state index is 0.0151. The van der Waals surface area contributed by atoms with E-state index in [-0.39, 0.29) is 17.6 Å². The summed E-state index contributed by atoms with van der Waals surface area (Å²) in [7, 11) is 0. The molecule has 7 heteroatoms. The first-order valence-corrected chi connectivity index (χ1v) is 4.84. The Hall–Kier alpha value is -1.89. The van der Waals surface area contributed by atoms with E-state index in [0.29, 0.717) is 25.3 Å². The van der Waals surface area contributed by atoms with Crippen molar-refractivity contribution < 1.29 is 19.2 Å². The van der Waals surface area contributed by atoms with Crippen molar-refractivity contribution in [2.24, 2.45) is 0 Å².